The number of para-hydroxylation sites is 1. The maximum absolute atomic E-state index is 11.6. The van der Waals surface area contributed by atoms with Crippen LogP contribution in [0.5, 0.6) is 5.75 Å². The van der Waals surface area contributed by atoms with E-state index >= 15 is 0 Å². The van der Waals surface area contributed by atoms with Crippen LogP contribution in [-0.4, -0.2) is 25.1 Å². The van der Waals surface area contributed by atoms with Gasteiger partial charge >= 0.3 is 0 Å². The van der Waals surface area contributed by atoms with Gasteiger partial charge in [0.1, 0.15) is 5.75 Å². The third-order valence-corrected chi connectivity index (χ3v) is 2.91. The van der Waals surface area contributed by atoms with Gasteiger partial charge in [0.05, 0.1) is 24.5 Å². The van der Waals surface area contributed by atoms with Crippen molar-refractivity contribution in [3.05, 3.63) is 18.2 Å². The van der Waals surface area contributed by atoms with Gasteiger partial charge in [-0.05, 0) is 31.4 Å². The van der Waals surface area contributed by atoms with Gasteiger partial charge in [0.15, 0.2) is 0 Å². The molecular weight excluding hydrogens is 242 g/mol. The Bertz CT molecular complexity index is 444. The van der Waals surface area contributed by atoms with E-state index in [-0.39, 0.29) is 12.5 Å². The number of ether oxygens (including phenoxy) is 1. The van der Waals surface area contributed by atoms with Gasteiger partial charge in [-0.15, -0.1) is 0 Å². The first-order valence-corrected chi connectivity index (χ1v) is 6.75. The van der Waals surface area contributed by atoms with Gasteiger partial charge in [0.25, 0.3) is 0 Å². The van der Waals surface area contributed by atoms with Crippen molar-refractivity contribution in [1.29, 1.82) is 0 Å². The molecule has 0 atom stereocenters. The largest absolute Gasteiger partial charge is 0.491 e. The molecule has 0 unspecified atom stereocenters. The van der Waals surface area contributed by atoms with Crippen molar-refractivity contribution in [3.63, 3.8) is 0 Å². The Morgan fingerprint density at radius 3 is 2.95 bits per heavy atom. The fraction of sp³-hybridized carbons (Fsp3) is 0.500. The molecule has 4 N–H and O–H groups in total. The van der Waals surface area contributed by atoms with Crippen molar-refractivity contribution >= 4 is 17.3 Å². The number of nitrogens with one attached hydrogen (secondary N) is 2. The molecular formula is C14H21N3O2. The standard InChI is InChI=1S/C14H21N3O2/c1-2-8-19-12-5-3-4-11(14(12)15)16-9-13(18)17-10-6-7-10/h3-5,10,16H,2,6-9,15H2,1H3,(H,17,18). The Morgan fingerprint density at radius 1 is 1.47 bits per heavy atom. The van der Waals surface area contributed by atoms with Crippen LogP contribution >= 0.6 is 0 Å². The second kappa shape index (κ2) is 6.31. The fourth-order valence-corrected chi connectivity index (χ4v) is 1.72. The third-order valence-electron chi connectivity index (χ3n) is 2.91. The number of amides is 1. The Labute approximate surface area is 113 Å². The van der Waals surface area contributed by atoms with Crippen molar-refractivity contribution in [3.8, 4) is 5.75 Å². The van der Waals surface area contributed by atoms with Crippen LogP contribution in [0.1, 0.15) is 26.2 Å². The van der Waals surface area contributed by atoms with Crippen LogP contribution in [0.2, 0.25) is 0 Å². The summed E-state index contributed by atoms with van der Waals surface area (Å²) < 4.78 is 5.54. The van der Waals surface area contributed by atoms with Crippen molar-refractivity contribution in [2.75, 3.05) is 24.2 Å². The first kappa shape index (κ1) is 13.5. The van der Waals surface area contributed by atoms with Crippen LogP contribution in [0.25, 0.3) is 0 Å². The van der Waals surface area contributed by atoms with E-state index in [0.29, 0.717) is 24.1 Å². The SMILES string of the molecule is CCCOc1cccc(NCC(=O)NC2CC2)c1N. The summed E-state index contributed by atoms with van der Waals surface area (Å²) in [6.45, 7) is 2.91. The fourth-order valence-electron chi connectivity index (χ4n) is 1.72. The van der Waals surface area contributed by atoms with Crippen molar-refractivity contribution in [2.24, 2.45) is 0 Å². The molecule has 1 aliphatic rings. The van der Waals surface area contributed by atoms with Crippen LogP contribution < -0.4 is 21.1 Å². The van der Waals surface area contributed by atoms with E-state index in [4.69, 9.17) is 10.5 Å². The van der Waals surface area contributed by atoms with Crippen molar-refractivity contribution < 1.29 is 9.53 Å². The van der Waals surface area contributed by atoms with E-state index < -0.39 is 0 Å². The average Bonchev–Trinajstić information content (AvgIpc) is 3.20. The molecule has 104 valence electrons. The number of benzene rings is 1. The van der Waals surface area contributed by atoms with Gasteiger partial charge in [0.2, 0.25) is 5.91 Å². The number of carbonyl (C=O) groups excluding carboxylic acids is 1. The zero-order valence-corrected chi connectivity index (χ0v) is 11.2. The maximum atomic E-state index is 11.6. The summed E-state index contributed by atoms with van der Waals surface area (Å²) in [5.74, 6) is 0.663. The summed E-state index contributed by atoms with van der Waals surface area (Å²) in [6, 6.07) is 5.92. The second-order valence-electron chi connectivity index (χ2n) is 4.76. The van der Waals surface area contributed by atoms with E-state index in [9.17, 15) is 4.79 Å². The smallest absolute Gasteiger partial charge is 0.239 e. The molecule has 0 radical (unpaired) electrons. The monoisotopic (exact) mass is 263 g/mol. The van der Waals surface area contributed by atoms with Crippen LogP contribution in [0, 0.1) is 0 Å². The molecule has 1 saturated carbocycles. The number of carbonyl (C=O) groups is 1. The summed E-state index contributed by atoms with van der Waals surface area (Å²) in [5.41, 5.74) is 7.29. The summed E-state index contributed by atoms with van der Waals surface area (Å²) in [4.78, 5) is 11.6. The number of hydrogen-bond acceptors (Lipinski definition) is 4. The summed E-state index contributed by atoms with van der Waals surface area (Å²) in [7, 11) is 0. The molecule has 0 aromatic heterocycles. The average molecular weight is 263 g/mol. The summed E-state index contributed by atoms with van der Waals surface area (Å²) in [5, 5.41) is 5.96. The Kier molecular flexibility index (Phi) is 4.49. The molecule has 0 heterocycles. The molecule has 1 amide bonds. The van der Waals surface area contributed by atoms with Gasteiger partial charge in [0, 0.05) is 6.04 Å². The predicted molar refractivity (Wildman–Crippen MR) is 76.3 cm³/mol. The molecule has 0 saturated heterocycles. The van der Waals surface area contributed by atoms with Crippen molar-refractivity contribution in [1.82, 2.24) is 5.32 Å². The number of nitrogen functional groups attached to an aromatic ring is 1. The minimum Gasteiger partial charge on any atom is -0.491 e. The van der Waals surface area contributed by atoms with E-state index in [2.05, 4.69) is 10.6 Å². The highest BCUT2D eigenvalue weighted by atomic mass is 16.5. The number of anilines is 2. The Morgan fingerprint density at radius 2 is 2.26 bits per heavy atom. The molecule has 19 heavy (non-hydrogen) atoms. The minimum atomic E-state index is 0.00165. The van der Waals surface area contributed by atoms with E-state index in [1.54, 1.807) is 0 Å². The molecule has 0 spiro atoms. The Balaban J connectivity index is 1.89. The van der Waals surface area contributed by atoms with Crippen LogP contribution in [0.15, 0.2) is 18.2 Å². The summed E-state index contributed by atoms with van der Waals surface area (Å²) >= 11 is 0. The van der Waals surface area contributed by atoms with Crippen molar-refractivity contribution in [2.45, 2.75) is 32.2 Å². The number of nitrogens with two attached hydrogens (primary N) is 1. The second-order valence-corrected chi connectivity index (χ2v) is 4.76. The van der Waals surface area contributed by atoms with E-state index in [1.807, 2.05) is 25.1 Å². The quantitative estimate of drug-likeness (QED) is 0.655. The molecule has 0 aliphatic heterocycles. The van der Waals surface area contributed by atoms with Gasteiger partial charge in [-0.2, -0.15) is 0 Å². The zero-order valence-electron chi connectivity index (χ0n) is 11.2. The minimum absolute atomic E-state index is 0.00165. The van der Waals surface area contributed by atoms with Crippen LogP contribution in [-0.2, 0) is 4.79 Å². The number of rotatable bonds is 7. The molecule has 1 aromatic rings. The molecule has 1 fully saturated rings. The van der Waals surface area contributed by atoms with E-state index in [0.717, 1.165) is 24.9 Å². The molecule has 1 aromatic carbocycles. The lowest BCUT2D eigenvalue weighted by atomic mass is 10.2. The first-order chi connectivity index (χ1) is 9.20. The third kappa shape index (κ3) is 4.05. The van der Waals surface area contributed by atoms with E-state index in [1.165, 1.54) is 0 Å². The molecule has 5 heteroatoms. The topological polar surface area (TPSA) is 76.4 Å². The Hall–Kier alpha value is -1.91. The van der Waals surface area contributed by atoms with Gasteiger partial charge < -0.3 is 21.1 Å². The summed E-state index contributed by atoms with van der Waals surface area (Å²) in [6.07, 6.45) is 3.11. The lowest BCUT2D eigenvalue weighted by molar-refractivity contribution is -0.119. The lowest BCUT2D eigenvalue weighted by Crippen LogP contribution is -2.31. The normalized spacial score (nSPS) is 13.9. The highest BCUT2D eigenvalue weighted by molar-refractivity contribution is 5.83. The highest BCUT2D eigenvalue weighted by Gasteiger charge is 2.22. The molecule has 2 rings (SSSR count). The van der Waals surface area contributed by atoms with Gasteiger partial charge in [-0.25, -0.2) is 0 Å². The van der Waals surface area contributed by atoms with Crippen LogP contribution in [0.3, 0.4) is 0 Å². The van der Waals surface area contributed by atoms with Gasteiger partial charge in [-0.3, -0.25) is 4.79 Å². The van der Waals surface area contributed by atoms with Crippen LogP contribution in [0.4, 0.5) is 11.4 Å². The highest BCUT2D eigenvalue weighted by Crippen LogP contribution is 2.29. The maximum Gasteiger partial charge on any atom is 0.239 e. The van der Waals surface area contributed by atoms with Gasteiger partial charge in [-0.1, -0.05) is 13.0 Å². The first-order valence-electron chi connectivity index (χ1n) is 6.75. The zero-order chi connectivity index (χ0) is 13.7. The molecule has 0 bridgehead atoms. The predicted octanol–water partition coefficient (Wildman–Crippen LogP) is 1.75. The lowest BCUT2D eigenvalue weighted by Gasteiger charge is -2.13. The number of hydrogen-bond donors (Lipinski definition) is 3. The molecule has 1 aliphatic carbocycles. The molecule has 5 nitrogen and oxygen atoms in total.